The second-order valence-corrected chi connectivity index (χ2v) is 6.70. The molecule has 1 aromatic rings. The third-order valence-electron chi connectivity index (χ3n) is 2.79. The molecule has 7 nitrogen and oxygen atoms in total. The molecule has 20 heavy (non-hydrogen) atoms. The van der Waals surface area contributed by atoms with Crippen molar-refractivity contribution < 1.29 is 13.3 Å². The van der Waals surface area contributed by atoms with Crippen molar-refractivity contribution in [3.05, 3.63) is 33.3 Å². The Morgan fingerprint density at radius 1 is 1.45 bits per heavy atom. The van der Waals surface area contributed by atoms with Gasteiger partial charge in [-0.1, -0.05) is 25.4 Å². The molecule has 0 aromatic heterocycles. The second kappa shape index (κ2) is 6.49. The van der Waals surface area contributed by atoms with Crippen molar-refractivity contribution in [3.63, 3.8) is 0 Å². The van der Waals surface area contributed by atoms with Crippen LogP contribution < -0.4 is 10.5 Å². The van der Waals surface area contributed by atoms with E-state index in [0.717, 1.165) is 6.07 Å². The SMILES string of the molecule is CC(C)C(CN)NS(=O)(=O)c1ccc(Cl)c([N+](=O)[O-])c1. The number of halogens is 1. The monoisotopic (exact) mass is 321 g/mol. The summed E-state index contributed by atoms with van der Waals surface area (Å²) in [4.78, 5) is 9.83. The number of nitrogens with two attached hydrogens (primary N) is 1. The van der Waals surface area contributed by atoms with Gasteiger partial charge < -0.3 is 5.73 Å². The van der Waals surface area contributed by atoms with Crippen LogP contribution in [-0.4, -0.2) is 25.9 Å². The summed E-state index contributed by atoms with van der Waals surface area (Å²) in [6.45, 7) is 3.78. The van der Waals surface area contributed by atoms with Crippen molar-refractivity contribution in [2.45, 2.75) is 24.8 Å². The van der Waals surface area contributed by atoms with Crippen molar-refractivity contribution >= 4 is 27.3 Å². The molecule has 0 aliphatic rings. The average Bonchev–Trinajstić information content (AvgIpc) is 2.35. The Labute approximate surface area is 122 Å². The van der Waals surface area contributed by atoms with Crippen LogP contribution in [0.15, 0.2) is 23.1 Å². The first kappa shape index (κ1) is 16.8. The predicted molar refractivity (Wildman–Crippen MR) is 76.1 cm³/mol. The molecule has 3 N–H and O–H groups in total. The molecule has 0 spiro atoms. The van der Waals surface area contributed by atoms with Crippen LogP contribution in [0.1, 0.15) is 13.8 Å². The zero-order valence-corrected chi connectivity index (χ0v) is 12.6. The number of nitrogens with zero attached hydrogens (tertiary/aromatic N) is 1. The second-order valence-electron chi connectivity index (χ2n) is 4.58. The Balaban J connectivity index is 3.16. The number of rotatable bonds is 6. The van der Waals surface area contributed by atoms with Gasteiger partial charge in [0.2, 0.25) is 10.0 Å². The lowest BCUT2D eigenvalue weighted by Crippen LogP contribution is -2.43. The summed E-state index contributed by atoms with van der Waals surface area (Å²) in [7, 11) is -3.88. The minimum Gasteiger partial charge on any atom is -0.329 e. The molecule has 0 saturated carbocycles. The molecule has 112 valence electrons. The van der Waals surface area contributed by atoms with E-state index in [-0.39, 0.29) is 22.4 Å². The maximum absolute atomic E-state index is 12.2. The normalized spacial score (nSPS) is 13.4. The number of hydrogen-bond donors (Lipinski definition) is 2. The van der Waals surface area contributed by atoms with Crippen molar-refractivity contribution in [1.82, 2.24) is 4.72 Å². The predicted octanol–water partition coefficient (Wildman–Crippen LogP) is 1.51. The van der Waals surface area contributed by atoms with Crippen molar-refractivity contribution in [2.24, 2.45) is 11.7 Å². The van der Waals surface area contributed by atoms with Crippen LogP contribution in [0.4, 0.5) is 5.69 Å². The lowest BCUT2D eigenvalue weighted by atomic mass is 10.1. The molecule has 0 heterocycles. The van der Waals surface area contributed by atoms with Gasteiger partial charge in [0.1, 0.15) is 5.02 Å². The maximum Gasteiger partial charge on any atom is 0.289 e. The van der Waals surface area contributed by atoms with E-state index < -0.39 is 26.7 Å². The molecule has 0 saturated heterocycles. The lowest BCUT2D eigenvalue weighted by Gasteiger charge is -2.20. The highest BCUT2D eigenvalue weighted by molar-refractivity contribution is 7.89. The Kier molecular flexibility index (Phi) is 5.46. The van der Waals surface area contributed by atoms with Gasteiger partial charge in [-0.3, -0.25) is 10.1 Å². The number of nitro benzene ring substituents is 1. The molecule has 0 aliphatic heterocycles. The van der Waals surface area contributed by atoms with Gasteiger partial charge in [-0.25, -0.2) is 13.1 Å². The number of nitro groups is 1. The topological polar surface area (TPSA) is 115 Å². The standard InChI is InChI=1S/C11H16ClN3O4S/c1-7(2)10(6-13)14-20(18,19)8-3-4-9(12)11(5-8)15(16)17/h3-5,7,10,14H,6,13H2,1-2H3. The van der Waals surface area contributed by atoms with E-state index in [1.165, 1.54) is 12.1 Å². The first-order chi connectivity index (χ1) is 9.19. The maximum atomic E-state index is 12.2. The van der Waals surface area contributed by atoms with Crippen LogP contribution in [0, 0.1) is 16.0 Å². The van der Waals surface area contributed by atoms with Gasteiger partial charge in [-0.2, -0.15) is 0 Å². The summed E-state index contributed by atoms with van der Waals surface area (Å²) in [6.07, 6.45) is 0. The lowest BCUT2D eigenvalue weighted by molar-refractivity contribution is -0.384. The highest BCUT2D eigenvalue weighted by Gasteiger charge is 2.24. The summed E-state index contributed by atoms with van der Waals surface area (Å²) >= 11 is 5.65. The Hall–Kier alpha value is -1.22. The fourth-order valence-electron chi connectivity index (χ4n) is 1.52. The molecular formula is C11H16ClN3O4S. The van der Waals surface area contributed by atoms with Crippen molar-refractivity contribution in [3.8, 4) is 0 Å². The number of hydrogen-bond acceptors (Lipinski definition) is 5. The number of sulfonamides is 1. The minimum atomic E-state index is -3.88. The first-order valence-electron chi connectivity index (χ1n) is 5.85. The van der Waals surface area contributed by atoms with Crippen LogP contribution in [0.3, 0.4) is 0 Å². The first-order valence-corrected chi connectivity index (χ1v) is 7.71. The molecule has 0 bridgehead atoms. The van der Waals surface area contributed by atoms with E-state index in [4.69, 9.17) is 17.3 Å². The zero-order chi connectivity index (χ0) is 15.5. The smallest absolute Gasteiger partial charge is 0.289 e. The largest absolute Gasteiger partial charge is 0.329 e. The van der Waals surface area contributed by atoms with E-state index in [2.05, 4.69) is 4.72 Å². The van der Waals surface area contributed by atoms with E-state index in [1.54, 1.807) is 0 Å². The fourth-order valence-corrected chi connectivity index (χ4v) is 3.13. The van der Waals surface area contributed by atoms with E-state index in [9.17, 15) is 18.5 Å². The van der Waals surface area contributed by atoms with Crippen molar-refractivity contribution in [1.29, 1.82) is 0 Å². The summed E-state index contributed by atoms with van der Waals surface area (Å²) in [5.41, 5.74) is 5.05. The third-order valence-corrected chi connectivity index (χ3v) is 4.60. The fraction of sp³-hybridized carbons (Fsp3) is 0.455. The van der Waals surface area contributed by atoms with Crippen LogP contribution in [-0.2, 0) is 10.0 Å². The molecule has 1 rings (SSSR count). The quantitative estimate of drug-likeness (QED) is 0.608. The van der Waals surface area contributed by atoms with Gasteiger partial charge in [0.25, 0.3) is 5.69 Å². The minimum absolute atomic E-state index is 0.00272. The van der Waals surface area contributed by atoms with Gasteiger partial charge in [0.15, 0.2) is 0 Å². The Bertz CT molecular complexity index is 604. The Morgan fingerprint density at radius 3 is 2.50 bits per heavy atom. The van der Waals surface area contributed by atoms with E-state index in [1.807, 2.05) is 13.8 Å². The third kappa shape index (κ3) is 3.89. The van der Waals surface area contributed by atoms with Crippen LogP contribution >= 0.6 is 11.6 Å². The number of benzene rings is 1. The van der Waals surface area contributed by atoms with Gasteiger partial charge >= 0.3 is 0 Å². The molecule has 0 amide bonds. The molecule has 1 atom stereocenters. The van der Waals surface area contributed by atoms with Gasteiger partial charge in [-0.15, -0.1) is 0 Å². The zero-order valence-electron chi connectivity index (χ0n) is 11.0. The summed E-state index contributed by atoms with van der Waals surface area (Å²) < 4.78 is 26.7. The van der Waals surface area contributed by atoms with Gasteiger partial charge in [0, 0.05) is 18.7 Å². The van der Waals surface area contributed by atoms with E-state index >= 15 is 0 Å². The molecule has 9 heteroatoms. The summed E-state index contributed by atoms with van der Waals surface area (Å²) in [5, 5.41) is 10.7. The van der Waals surface area contributed by atoms with Crippen LogP contribution in [0.5, 0.6) is 0 Å². The van der Waals surface area contributed by atoms with Crippen molar-refractivity contribution in [2.75, 3.05) is 6.54 Å². The highest BCUT2D eigenvalue weighted by atomic mass is 35.5. The molecule has 1 unspecified atom stereocenters. The molecule has 1 aromatic carbocycles. The highest BCUT2D eigenvalue weighted by Crippen LogP contribution is 2.27. The summed E-state index contributed by atoms with van der Waals surface area (Å²) in [5.74, 6) is -0.00272. The van der Waals surface area contributed by atoms with Crippen LogP contribution in [0.2, 0.25) is 5.02 Å². The summed E-state index contributed by atoms with van der Waals surface area (Å²) in [6, 6.07) is 2.88. The van der Waals surface area contributed by atoms with Gasteiger partial charge in [0.05, 0.1) is 9.82 Å². The molecule has 0 fully saturated rings. The van der Waals surface area contributed by atoms with Crippen LogP contribution in [0.25, 0.3) is 0 Å². The van der Waals surface area contributed by atoms with Gasteiger partial charge in [-0.05, 0) is 18.1 Å². The Morgan fingerprint density at radius 2 is 2.05 bits per heavy atom. The number of nitrogens with one attached hydrogen (secondary N) is 1. The molecular weight excluding hydrogens is 306 g/mol. The van der Waals surface area contributed by atoms with E-state index in [0.29, 0.717) is 0 Å². The average molecular weight is 322 g/mol. The molecule has 0 aliphatic carbocycles. The molecule has 0 radical (unpaired) electrons.